The molecule has 8 nitrogen and oxygen atoms in total. The molecule has 1 rings (SSSR count). The predicted octanol–water partition coefficient (Wildman–Crippen LogP) is -0.486. The van der Waals surface area contributed by atoms with Crippen molar-refractivity contribution < 1.29 is 19.5 Å². The van der Waals surface area contributed by atoms with Gasteiger partial charge < -0.3 is 21.5 Å². The van der Waals surface area contributed by atoms with Crippen LogP contribution in [0.5, 0.6) is 0 Å². The number of thiazole rings is 1. The monoisotopic (exact) mass is 272 g/mol. The second-order valence-corrected chi connectivity index (χ2v) is 4.32. The number of aromatic carboxylic acids is 1. The van der Waals surface area contributed by atoms with E-state index < -0.39 is 23.9 Å². The fraction of sp³-hybridized carbons (Fsp3) is 0.333. The number of primary amides is 1. The van der Waals surface area contributed by atoms with Crippen LogP contribution in [0.2, 0.25) is 0 Å². The molecule has 0 bridgehead atoms. The summed E-state index contributed by atoms with van der Waals surface area (Å²) in [6, 6.07) is -1.55. The van der Waals surface area contributed by atoms with E-state index >= 15 is 0 Å². The molecule has 0 aliphatic heterocycles. The SMILES string of the molecule is CC(NC(N)=O)C(=O)NCc1nc(C(=O)O)cs1. The van der Waals surface area contributed by atoms with Crippen LogP contribution in [-0.2, 0) is 11.3 Å². The van der Waals surface area contributed by atoms with Crippen LogP contribution < -0.4 is 16.4 Å². The van der Waals surface area contributed by atoms with Gasteiger partial charge in [-0.2, -0.15) is 0 Å². The summed E-state index contributed by atoms with van der Waals surface area (Å²) in [5, 5.41) is 15.2. The normalized spacial score (nSPS) is 11.6. The third-order valence-electron chi connectivity index (χ3n) is 1.94. The summed E-state index contributed by atoms with van der Waals surface area (Å²) in [6.45, 7) is 1.58. The van der Waals surface area contributed by atoms with Crippen molar-refractivity contribution in [3.63, 3.8) is 0 Å². The van der Waals surface area contributed by atoms with Crippen molar-refractivity contribution in [3.05, 3.63) is 16.1 Å². The lowest BCUT2D eigenvalue weighted by Crippen LogP contribution is -2.46. The first kappa shape index (κ1) is 13.9. The fourth-order valence-corrected chi connectivity index (χ4v) is 1.79. The van der Waals surface area contributed by atoms with Gasteiger partial charge >= 0.3 is 12.0 Å². The van der Waals surface area contributed by atoms with Crippen LogP contribution in [0.3, 0.4) is 0 Å². The number of nitrogens with two attached hydrogens (primary N) is 1. The number of carbonyl (C=O) groups is 3. The second kappa shape index (κ2) is 5.96. The van der Waals surface area contributed by atoms with E-state index in [1.54, 1.807) is 0 Å². The molecule has 0 aliphatic rings. The number of aromatic nitrogens is 1. The van der Waals surface area contributed by atoms with Crippen LogP contribution >= 0.6 is 11.3 Å². The minimum absolute atomic E-state index is 0.0624. The first-order chi connectivity index (χ1) is 8.40. The molecule has 3 amide bonds. The lowest BCUT2D eigenvalue weighted by Gasteiger charge is -2.11. The molecular formula is C9H12N4O4S. The lowest BCUT2D eigenvalue weighted by atomic mass is 10.3. The standard InChI is InChI=1S/C9H12N4O4S/c1-4(12-9(10)17)7(14)11-2-6-13-5(3-18-6)8(15)16/h3-4H,2H2,1H3,(H,11,14)(H,15,16)(H3,10,12,17). The Balaban J connectivity index is 2.46. The molecule has 0 saturated carbocycles. The summed E-state index contributed by atoms with van der Waals surface area (Å²) < 4.78 is 0. The van der Waals surface area contributed by atoms with E-state index in [1.165, 1.54) is 12.3 Å². The highest BCUT2D eigenvalue weighted by molar-refractivity contribution is 7.09. The molecule has 1 unspecified atom stereocenters. The molecule has 98 valence electrons. The Hall–Kier alpha value is -2.16. The van der Waals surface area contributed by atoms with Gasteiger partial charge in [0, 0.05) is 5.38 Å². The molecule has 0 radical (unpaired) electrons. The maximum Gasteiger partial charge on any atom is 0.355 e. The van der Waals surface area contributed by atoms with Crippen LogP contribution in [0.25, 0.3) is 0 Å². The zero-order valence-corrected chi connectivity index (χ0v) is 10.3. The summed E-state index contributed by atoms with van der Waals surface area (Å²) >= 11 is 1.13. The summed E-state index contributed by atoms with van der Waals surface area (Å²) in [6.07, 6.45) is 0. The number of hydrogen-bond donors (Lipinski definition) is 4. The van der Waals surface area contributed by atoms with Crippen molar-refractivity contribution in [2.75, 3.05) is 0 Å². The number of nitrogens with one attached hydrogen (secondary N) is 2. The van der Waals surface area contributed by atoms with Crippen LogP contribution in [-0.4, -0.2) is 34.0 Å². The zero-order valence-electron chi connectivity index (χ0n) is 9.47. The molecule has 1 atom stereocenters. The van der Waals surface area contributed by atoms with Gasteiger partial charge in [0.15, 0.2) is 5.69 Å². The molecule has 0 saturated heterocycles. The van der Waals surface area contributed by atoms with E-state index in [4.69, 9.17) is 10.8 Å². The van der Waals surface area contributed by atoms with Crippen molar-refractivity contribution >= 4 is 29.2 Å². The number of rotatable bonds is 5. The van der Waals surface area contributed by atoms with Crippen molar-refractivity contribution in [3.8, 4) is 0 Å². The average molecular weight is 272 g/mol. The molecule has 18 heavy (non-hydrogen) atoms. The zero-order chi connectivity index (χ0) is 13.7. The Kier molecular flexibility index (Phi) is 4.60. The number of carbonyl (C=O) groups excluding carboxylic acids is 2. The van der Waals surface area contributed by atoms with Gasteiger partial charge in [-0.3, -0.25) is 4.79 Å². The van der Waals surface area contributed by atoms with E-state index in [2.05, 4.69) is 15.6 Å². The van der Waals surface area contributed by atoms with Gasteiger partial charge in [0.05, 0.1) is 6.54 Å². The van der Waals surface area contributed by atoms with Gasteiger partial charge in [-0.25, -0.2) is 14.6 Å². The molecule has 1 heterocycles. The van der Waals surface area contributed by atoms with E-state index in [1.807, 2.05) is 0 Å². The molecule has 1 aromatic rings. The van der Waals surface area contributed by atoms with Gasteiger partial charge in [0.25, 0.3) is 0 Å². The lowest BCUT2D eigenvalue weighted by molar-refractivity contribution is -0.122. The van der Waals surface area contributed by atoms with Crippen molar-refractivity contribution in [2.24, 2.45) is 5.73 Å². The predicted molar refractivity (Wildman–Crippen MR) is 63.1 cm³/mol. The molecule has 0 fully saturated rings. The molecule has 1 aromatic heterocycles. The number of hydrogen-bond acceptors (Lipinski definition) is 5. The van der Waals surface area contributed by atoms with Gasteiger partial charge in [-0.05, 0) is 6.92 Å². The van der Waals surface area contributed by atoms with Crippen LogP contribution in [0.1, 0.15) is 22.4 Å². The fourth-order valence-electron chi connectivity index (χ4n) is 1.09. The van der Waals surface area contributed by atoms with Crippen LogP contribution in [0.4, 0.5) is 4.79 Å². The number of carboxylic acid groups (broad SMARTS) is 1. The molecule has 0 aromatic carbocycles. The van der Waals surface area contributed by atoms with Gasteiger partial charge in [-0.1, -0.05) is 0 Å². The summed E-state index contributed by atoms with van der Waals surface area (Å²) in [5.74, 6) is -1.55. The Bertz CT molecular complexity index is 473. The first-order valence-electron chi connectivity index (χ1n) is 4.91. The molecule has 9 heteroatoms. The van der Waals surface area contributed by atoms with E-state index in [9.17, 15) is 14.4 Å². The second-order valence-electron chi connectivity index (χ2n) is 3.38. The highest BCUT2D eigenvalue weighted by atomic mass is 32.1. The van der Waals surface area contributed by atoms with E-state index in [0.29, 0.717) is 5.01 Å². The third-order valence-corrected chi connectivity index (χ3v) is 2.79. The molecule has 0 spiro atoms. The number of carboxylic acids is 1. The summed E-state index contributed by atoms with van der Waals surface area (Å²) in [4.78, 5) is 36.4. The van der Waals surface area contributed by atoms with Crippen LogP contribution in [0, 0.1) is 0 Å². The third kappa shape index (κ3) is 4.01. The highest BCUT2D eigenvalue weighted by Crippen LogP contribution is 2.09. The van der Waals surface area contributed by atoms with E-state index in [0.717, 1.165) is 11.3 Å². The number of amides is 3. The highest BCUT2D eigenvalue weighted by Gasteiger charge is 2.14. The Morgan fingerprint density at radius 3 is 2.72 bits per heavy atom. The molecular weight excluding hydrogens is 260 g/mol. The minimum atomic E-state index is -1.12. The largest absolute Gasteiger partial charge is 0.476 e. The van der Waals surface area contributed by atoms with Gasteiger partial charge in [0.1, 0.15) is 11.0 Å². The van der Waals surface area contributed by atoms with Crippen molar-refractivity contribution in [1.29, 1.82) is 0 Å². The summed E-state index contributed by atoms with van der Waals surface area (Å²) in [5.41, 5.74) is 4.81. The quantitative estimate of drug-likeness (QED) is 0.574. The Morgan fingerprint density at radius 2 is 2.22 bits per heavy atom. The number of nitrogens with zero attached hydrogens (tertiary/aromatic N) is 1. The Morgan fingerprint density at radius 1 is 1.56 bits per heavy atom. The first-order valence-corrected chi connectivity index (χ1v) is 5.79. The van der Waals surface area contributed by atoms with Crippen molar-refractivity contribution in [2.45, 2.75) is 19.5 Å². The van der Waals surface area contributed by atoms with Crippen molar-refractivity contribution in [1.82, 2.24) is 15.6 Å². The maximum absolute atomic E-state index is 11.5. The molecule has 5 N–H and O–H groups in total. The maximum atomic E-state index is 11.5. The summed E-state index contributed by atoms with van der Waals surface area (Å²) in [7, 11) is 0. The Labute approximate surface area is 106 Å². The van der Waals surface area contributed by atoms with E-state index in [-0.39, 0.29) is 12.2 Å². The molecule has 0 aliphatic carbocycles. The minimum Gasteiger partial charge on any atom is -0.476 e. The van der Waals surface area contributed by atoms with Crippen LogP contribution in [0.15, 0.2) is 5.38 Å². The topological polar surface area (TPSA) is 134 Å². The average Bonchev–Trinajstić information content (AvgIpc) is 2.73. The van der Waals surface area contributed by atoms with Gasteiger partial charge in [-0.15, -0.1) is 11.3 Å². The van der Waals surface area contributed by atoms with Gasteiger partial charge in [0.2, 0.25) is 5.91 Å². The number of urea groups is 1. The smallest absolute Gasteiger partial charge is 0.355 e.